The summed E-state index contributed by atoms with van der Waals surface area (Å²) in [6.45, 7) is 7.02. The van der Waals surface area contributed by atoms with Crippen LogP contribution in [0, 0.1) is 27.7 Å². The zero-order valence-electron chi connectivity index (χ0n) is 19.6. The van der Waals surface area contributed by atoms with Crippen molar-refractivity contribution >= 4 is 24.4 Å². The Labute approximate surface area is 203 Å². The fourth-order valence-corrected chi connectivity index (χ4v) is 5.36. The van der Waals surface area contributed by atoms with E-state index in [1.54, 1.807) is 26.8 Å². The van der Waals surface area contributed by atoms with Crippen molar-refractivity contribution in [2.45, 2.75) is 40.0 Å². The molecule has 0 saturated carbocycles. The minimum Gasteiger partial charge on any atom is -0.289 e. The average Bonchev–Trinajstić information content (AvgIpc) is 2.80. The molecule has 3 aromatic carbocycles. The van der Waals surface area contributed by atoms with E-state index in [2.05, 4.69) is 0 Å². The van der Waals surface area contributed by atoms with Crippen molar-refractivity contribution in [3.05, 3.63) is 98.6 Å². The van der Waals surface area contributed by atoms with Crippen LogP contribution in [0.3, 0.4) is 0 Å². The Kier molecular flexibility index (Phi) is 7.29. The quantitative estimate of drug-likeness (QED) is 0.197. The van der Waals surface area contributed by atoms with Crippen molar-refractivity contribution in [2.75, 3.05) is 0 Å². The third-order valence-corrected chi connectivity index (χ3v) is 7.44. The normalized spacial score (nSPS) is 12.4. The van der Waals surface area contributed by atoms with Crippen molar-refractivity contribution in [3.63, 3.8) is 0 Å². The summed E-state index contributed by atoms with van der Waals surface area (Å²) < 4.78 is 94.6. The highest BCUT2D eigenvalue weighted by Crippen LogP contribution is 2.43. The van der Waals surface area contributed by atoms with Gasteiger partial charge in [0, 0.05) is 11.1 Å². The second-order valence-corrected chi connectivity index (χ2v) is 9.78. The average molecular weight is 525 g/mol. The molecule has 0 heterocycles. The van der Waals surface area contributed by atoms with Crippen LogP contribution >= 0.6 is 7.80 Å². The lowest BCUT2D eigenvalue weighted by molar-refractivity contribution is -0.143. The maximum atomic E-state index is 13.6. The standard InChI is InChI=1S/C26H20F6O3P/c1-13-12-14(2)21(16(4)15(13)3)23(33)17-8-5-6-11-20(17)36(35)24(34)22-18(25(27,28)29)9-7-10-19(22)26(30,31)32/h5-12H,1-4H3. The zero-order chi connectivity index (χ0) is 27.2. The predicted octanol–water partition coefficient (Wildman–Crippen LogP) is 7.48. The number of hydrogen-bond donors (Lipinski definition) is 0. The Morgan fingerprint density at radius 3 is 1.75 bits per heavy atom. The summed E-state index contributed by atoms with van der Waals surface area (Å²) in [7, 11) is -3.53. The molecule has 0 aromatic heterocycles. The highest BCUT2D eigenvalue weighted by atomic mass is 31.1. The number of carbonyl (C=O) groups excluding carboxylic acids is 2. The largest absolute Gasteiger partial charge is 0.417 e. The van der Waals surface area contributed by atoms with Crippen LogP contribution < -0.4 is 5.30 Å². The summed E-state index contributed by atoms with van der Waals surface area (Å²) in [4.78, 5) is 26.5. The van der Waals surface area contributed by atoms with Crippen LogP contribution in [0.25, 0.3) is 0 Å². The van der Waals surface area contributed by atoms with Crippen LogP contribution in [-0.4, -0.2) is 11.3 Å². The number of aryl methyl sites for hydroxylation is 2. The first-order valence-electron chi connectivity index (χ1n) is 10.6. The van der Waals surface area contributed by atoms with Gasteiger partial charge in [0.2, 0.25) is 5.52 Å². The summed E-state index contributed by atoms with van der Waals surface area (Å²) >= 11 is 0. The van der Waals surface area contributed by atoms with Gasteiger partial charge in [-0.05, 0) is 74.2 Å². The Bertz CT molecular complexity index is 1370. The molecule has 0 aliphatic carbocycles. The van der Waals surface area contributed by atoms with Crippen LogP contribution in [0.2, 0.25) is 0 Å². The molecule has 1 atom stereocenters. The van der Waals surface area contributed by atoms with Crippen molar-refractivity contribution < 1.29 is 40.5 Å². The van der Waals surface area contributed by atoms with Crippen molar-refractivity contribution in [1.82, 2.24) is 0 Å². The van der Waals surface area contributed by atoms with E-state index in [0.717, 1.165) is 17.2 Å². The van der Waals surface area contributed by atoms with Crippen LogP contribution in [0.1, 0.15) is 59.7 Å². The molecule has 3 rings (SSSR count). The van der Waals surface area contributed by atoms with Gasteiger partial charge in [-0.3, -0.25) is 14.2 Å². The second-order valence-electron chi connectivity index (χ2n) is 8.30. The molecular formula is C26H20F6O3P. The van der Waals surface area contributed by atoms with Gasteiger partial charge in [0.1, 0.15) is 0 Å². The fourth-order valence-electron chi connectivity index (χ4n) is 4.08. The van der Waals surface area contributed by atoms with E-state index in [-0.39, 0.29) is 11.1 Å². The summed E-state index contributed by atoms with van der Waals surface area (Å²) in [5.74, 6) is -0.639. The Balaban J connectivity index is 2.21. The lowest BCUT2D eigenvalue weighted by Gasteiger charge is -2.18. The molecule has 0 aliphatic rings. The van der Waals surface area contributed by atoms with E-state index in [1.165, 1.54) is 18.2 Å². The molecular weight excluding hydrogens is 505 g/mol. The molecule has 0 aliphatic heterocycles. The summed E-state index contributed by atoms with van der Waals surface area (Å²) in [6, 6.07) is 7.98. The first kappa shape index (κ1) is 27.3. The first-order chi connectivity index (χ1) is 16.6. The number of halogens is 6. The predicted molar refractivity (Wildman–Crippen MR) is 123 cm³/mol. The molecule has 189 valence electrons. The Morgan fingerprint density at radius 2 is 1.22 bits per heavy atom. The van der Waals surface area contributed by atoms with Crippen LogP contribution in [0.5, 0.6) is 0 Å². The lowest BCUT2D eigenvalue weighted by Crippen LogP contribution is -2.22. The van der Waals surface area contributed by atoms with Gasteiger partial charge >= 0.3 is 12.4 Å². The van der Waals surface area contributed by atoms with Gasteiger partial charge in [-0.2, -0.15) is 26.3 Å². The molecule has 1 unspecified atom stereocenters. The zero-order valence-corrected chi connectivity index (χ0v) is 20.5. The molecule has 0 bridgehead atoms. The van der Waals surface area contributed by atoms with Gasteiger partial charge in [0.05, 0.1) is 22.0 Å². The second kappa shape index (κ2) is 9.62. The van der Waals surface area contributed by atoms with Crippen LogP contribution in [0.4, 0.5) is 26.3 Å². The number of alkyl halides is 6. The third kappa shape index (κ3) is 4.98. The molecule has 3 nitrogen and oxygen atoms in total. The lowest BCUT2D eigenvalue weighted by atomic mass is 9.89. The summed E-state index contributed by atoms with van der Waals surface area (Å²) in [5.41, 5.74) is -4.35. The highest BCUT2D eigenvalue weighted by Gasteiger charge is 2.44. The molecule has 0 saturated heterocycles. The number of benzene rings is 3. The monoisotopic (exact) mass is 525 g/mol. The molecule has 3 aromatic rings. The van der Waals surface area contributed by atoms with Crippen LogP contribution in [-0.2, 0) is 16.9 Å². The van der Waals surface area contributed by atoms with Gasteiger partial charge in [0.25, 0.3) is 0 Å². The number of hydrogen-bond acceptors (Lipinski definition) is 3. The van der Waals surface area contributed by atoms with Gasteiger partial charge < -0.3 is 0 Å². The fraction of sp³-hybridized carbons (Fsp3) is 0.231. The van der Waals surface area contributed by atoms with Crippen molar-refractivity contribution in [1.29, 1.82) is 0 Å². The molecule has 0 N–H and O–H groups in total. The van der Waals surface area contributed by atoms with Gasteiger partial charge in [0.15, 0.2) is 13.6 Å². The maximum absolute atomic E-state index is 13.6. The van der Waals surface area contributed by atoms with E-state index in [4.69, 9.17) is 0 Å². The van der Waals surface area contributed by atoms with Crippen molar-refractivity contribution in [2.24, 2.45) is 0 Å². The first-order valence-corrected chi connectivity index (χ1v) is 11.8. The SMILES string of the molecule is Cc1cc(C)c(C(=O)c2ccccc2[P](=O)C(=O)c2c(C(F)(F)F)cccc2C(F)(F)F)c(C)c1C. The third-order valence-electron chi connectivity index (χ3n) is 6.02. The minimum atomic E-state index is -5.31. The molecule has 0 fully saturated rings. The smallest absolute Gasteiger partial charge is 0.289 e. The molecule has 0 amide bonds. The van der Waals surface area contributed by atoms with E-state index >= 15 is 0 Å². The van der Waals surface area contributed by atoms with E-state index in [1.807, 2.05) is 6.92 Å². The van der Waals surface area contributed by atoms with Gasteiger partial charge in [-0.25, -0.2) is 0 Å². The molecule has 1 radical (unpaired) electrons. The number of ketones is 1. The summed E-state index contributed by atoms with van der Waals surface area (Å²) in [6.07, 6.45) is -10.6. The topological polar surface area (TPSA) is 51.2 Å². The van der Waals surface area contributed by atoms with E-state index in [0.29, 0.717) is 29.3 Å². The Morgan fingerprint density at radius 1 is 0.694 bits per heavy atom. The number of rotatable bonds is 5. The molecule has 10 heteroatoms. The Hall–Kier alpha value is -3.32. The van der Waals surface area contributed by atoms with E-state index in [9.17, 15) is 40.5 Å². The highest BCUT2D eigenvalue weighted by molar-refractivity contribution is 7.71. The van der Waals surface area contributed by atoms with E-state index < -0.39 is 53.5 Å². The number of carbonyl (C=O) groups is 2. The van der Waals surface area contributed by atoms with Crippen LogP contribution in [0.15, 0.2) is 48.5 Å². The van der Waals surface area contributed by atoms with Gasteiger partial charge in [-0.1, -0.05) is 24.3 Å². The maximum Gasteiger partial charge on any atom is 0.417 e. The minimum absolute atomic E-state index is 0.237. The molecule has 36 heavy (non-hydrogen) atoms. The summed E-state index contributed by atoms with van der Waals surface area (Å²) in [5, 5.41) is -0.440. The van der Waals surface area contributed by atoms with Crippen molar-refractivity contribution in [3.8, 4) is 0 Å². The van der Waals surface area contributed by atoms with Gasteiger partial charge in [-0.15, -0.1) is 0 Å². The molecule has 0 spiro atoms.